The first kappa shape index (κ1) is 24.5. The first-order valence-electron chi connectivity index (χ1n) is 12.9. The van der Waals surface area contributed by atoms with Gasteiger partial charge >= 0.3 is 0 Å². The molecule has 1 aliphatic heterocycles. The van der Waals surface area contributed by atoms with E-state index < -0.39 is 0 Å². The highest BCUT2D eigenvalue weighted by molar-refractivity contribution is 6.00. The molecule has 0 bridgehead atoms. The van der Waals surface area contributed by atoms with Gasteiger partial charge in [0.25, 0.3) is 5.91 Å². The molecule has 6 heteroatoms. The average molecular weight is 493 g/mol. The maximum atomic E-state index is 13.7. The van der Waals surface area contributed by atoms with Gasteiger partial charge in [0.05, 0.1) is 11.3 Å². The molecule has 3 aromatic carbocycles. The van der Waals surface area contributed by atoms with E-state index in [2.05, 4.69) is 5.32 Å². The zero-order valence-electron chi connectivity index (χ0n) is 21.1. The summed E-state index contributed by atoms with van der Waals surface area (Å²) < 4.78 is 1.78. The Hall–Kier alpha value is -4.19. The second-order valence-electron chi connectivity index (χ2n) is 9.66. The van der Waals surface area contributed by atoms with Crippen LogP contribution in [0.25, 0.3) is 16.9 Å². The smallest absolute Gasteiger partial charge is 0.257 e. The molecule has 0 radical (unpaired) electrons. The van der Waals surface area contributed by atoms with E-state index in [1.54, 1.807) is 4.68 Å². The standard InChI is InChI=1S/C31H32N4O2/c1-23(30(36)32-21-24-11-5-2-6-12-24)25-17-19-34(20-18-25)31(37)28-22-35(27-15-9-4-10-16-27)33-29(28)26-13-7-3-8-14-26/h2-16,22-23,25H,17-21H2,1H3,(H,32,36). The predicted molar refractivity (Wildman–Crippen MR) is 145 cm³/mol. The van der Waals surface area contributed by atoms with Crippen molar-refractivity contribution in [2.24, 2.45) is 11.8 Å². The Morgan fingerprint density at radius 2 is 1.49 bits per heavy atom. The van der Waals surface area contributed by atoms with Crippen LogP contribution in [0.4, 0.5) is 0 Å². The highest BCUT2D eigenvalue weighted by Gasteiger charge is 2.31. The third-order valence-corrected chi connectivity index (χ3v) is 7.27. The Morgan fingerprint density at radius 3 is 2.14 bits per heavy atom. The van der Waals surface area contributed by atoms with Crippen LogP contribution in [0.5, 0.6) is 0 Å². The van der Waals surface area contributed by atoms with Crippen LogP contribution in [0.1, 0.15) is 35.7 Å². The lowest BCUT2D eigenvalue weighted by atomic mass is 9.84. The molecule has 1 fully saturated rings. The van der Waals surface area contributed by atoms with E-state index in [0.717, 1.165) is 29.7 Å². The SMILES string of the molecule is CC(C(=O)NCc1ccccc1)C1CCN(C(=O)c2cn(-c3ccccc3)nc2-c2ccccc2)CC1. The Kier molecular flexibility index (Phi) is 7.45. The topological polar surface area (TPSA) is 67.2 Å². The molecular weight excluding hydrogens is 460 g/mol. The molecule has 6 nitrogen and oxygen atoms in total. The number of likely N-dealkylation sites (tertiary alicyclic amines) is 1. The molecule has 1 aromatic heterocycles. The van der Waals surface area contributed by atoms with E-state index in [-0.39, 0.29) is 23.7 Å². The molecule has 1 atom stereocenters. The molecule has 0 spiro atoms. The van der Waals surface area contributed by atoms with Gasteiger partial charge in [-0.3, -0.25) is 9.59 Å². The molecule has 37 heavy (non-hydrogen) atoms. The number of piperidine rings is 1. The van der Waals surface area contributed by atoms with Crippen LogP contribution < -0.4 is 5.32 Å². The third kappa shape index (κ3) is 5.64. The molecule has 0 aliphatic carbocycles. The van der Waals surface area contributed by atoms with Crippen molar-refractivity contribution in [1.29, 1.82) is 0 Å². The van der Waals surface area contributed by atoms with Gasteiger partial charge in [-0.2, -0.15) is 5.10 Å². The number of rotatable bonds is 7. The van der Waals surface area contributed by atoms with Gasteiger partial charge in [-0.25, -0.2) is 4.68 Å². The van der Waals surface area contributed by atoms with Gasteiger partial charge in [-0.1, -0.05) is 85.8 Å². The van der Waals surface area contributed by atoms with E-state index >= 15 is 0 Å². The summed E-state index contributed by atoms with van der Waals surface area (Å²) in [5.74, 6) is 0.215. The molecule has 1 unspecified atom stereocenters. The summed E-state index contributed by atoms with van der Waals surface area (Å²) >= 11 is 0. The first-order valence-corrected chi connectivity index (χ1v) is 12.9. The van der Waals surface area contributed by atoms with Crippen molar-refractivity contribution >= 4 is 11.8 Å². The zero-order valence-corrected chi connectivity index (χ0v) is 21.1. The van der Waals surface area contributed by atoms with Crippen LogP contribution in [0.15, 0.2) is 97.2 Å². The normalized spacial score (nSPS) is 14.8. The minimum Gasteiger partial charge on any atom is -0.352 e. The highest BCUT2D eigenvalue weighted by atomic mass is 16.2. The van der Waals surface area contributed by atoms with Crippen LogP contribution >= 0.6 is 0 Å². The minimum absolute atomic E-state index is 0.0133. The van der Waals surface area contributed by atoms with Gasteiger partial charge in [0.2, 0.25) is 5.91 Å². The van der Waals surface area contributed by atoms with Crippen molar-refractivity contribution in [3.63, 3.8) is 0 Å². The van der Waals surface area contributed by atoms with Gasteiger partial charge in [-0.05, 0) is 36.5 Å². The van der Waals surface area contributed by atoms with Gasteiger partial charge in [0.15, 0.2) is 0 Å². The number of carbonyl (C=O) groups is 2. The summed E-state index contributed by atoms with van der Waals surface area (Å²) in [5.41, 5.74) is 4.20. The summed E-state index contributed by atoms with van der Waals surface area (Å²) in [6.45, 7) is 3.80. The van der Waals surface area contributed by atoms with Crippen LogP contribution in [0.2, 0.25) is 0 Å². The zero-order chi connectivity index (χ0) is 25.6. The summed E-state index contributed by atoms with van der Waals surface area (Å²) in [4.78, 5) is 28.4. The number of hydrogen-bond donors (Lipinski definition) is 1. The molecule has 5 rings (SSSR count). The first-order chi connectivity index (χ1) is 18.1. The summed E-state index contributed by atoms with van der Waals surface area (Å²) in [7, 11) is 0. The quantitative estimate of drug-likeness (QED) is 0.379. The fourth-order valence-corrected chi connectivity index (χ4v) is 4.99. The molecule has 188 valence electrons. The molecule has 0 saturated carbocycles. The lowest BCUT2D eigenvalue weighted by Gasteiger charge is -2.34. The molecular formula is C31H32N4O2. The Bertz CT molecular complexity index is 1330. The Labute approximate surface area is 217 Å². The maximum absolute atomic E-state index is 13.7. The Morgan fingerprint density at radius 1 is 0.892 bits per heavy atom. The van der Waals surface area contributed by atoms with Gasteiger partial charge in [0, 0.05) is 37.3 Å². The van der Waals surface area contributed by atoms with Crippen molar-refractivity contribution in [2.75, 3.05) is 13.1 Å². The minimum atomic E-state index is -0.0957. The number of hydrogen-bond acceptors (Lipinski definition) is 3. The van der Waals surface area contributed by atoms with E-state index in [1.807, 2.05) is 109 Å². The fraction of sp³-hybridized carbons (Fsp3) is 0.258. The van der Waals surface area contributed by atoms with E-state index in [4.69, 9.17) is 5.10 Å². The monoisotopic (exact) mass is 492 g/mol. The number of nitrogens with zero attached hydrogens (tertiary/aromatic N) is 3. The number of aromatic nitrogens is 2. The van der Waals surface area contributed by atoms with Crippen molar-refractivity contribution in [3.05, 3.63) is 108 Å². The number of para-hydroxylation sites is 1. The average Bonchev–Trinajstić information content (AvgIpc) is 3.42. The van der Waals surface area contributed by atoms with Crippen LogP contribution in [-0.4, -0.2) is 39.6 Å². The van der Waals surface area contributed by atoms with E-state index in [1.165, 1.54) is 0 Å². The second kappa shape index (κ2) is 11.2. The third-order valence-electron chi connectivity index (χ3n) is 7.27. The van der Waals surface area contributed by atoms with E-state index in [0.29, 0.717) is 30.9 Å². The molecule has 1 N–H and O–H groups in total. The fourth-order valence-electron chi connectivity index (χ4n) is 4.99. The lowest BCUT2D eigenvalue weighted by Crippen LogP contribution is -2.42. The van der Waals surface area contributed by atoms with Gasteiger partial charge in [-0.15, -0.1) is 0 Å². The van der Waals surface area contributed by atoms with Gasteiger partial charge in [0.1, 0.15) is 5.69 Å². The van der Waals surface area contributed by atoms with E-state index in [9.17, 15) is 9.59 Å². The molecule has 4 aromatic rings. The van der Waals surface area contributed by atoms with Crippen molar-refractivity contribution < 1.29 is 9.59 Å². The Balaban J connectivity index is 1.26. The van der Waals surface area contributed by atoms with Crippen LogP contribution in [-0.2, 0) is 11.3 Å². The predicted octanol–water partition coefficient (Wildman–Crippen LogP) is 5.34. The van der Waals surface area contributed by atoms with Crippen LogP contribution in [0.3, 0.4) is 0 Å². The molecule has 2 amide bonds. The van der Waals surface area contributed by atoms with Crippen molar-refractivity contribution in [1.82, 2.24) is 20.0 Å². The van der Waals surface area contributed by atoms with Gasteiger partial charge < -0.3 is 10.2 Å². The van der Waals surface area contributed by atoms with Crippen molar-refractivity contribution in [3.8, 4) is 16.9 Å². The number of carbonyl (C=O) groups excluding carboxylic acids is 2. The lowest BCUT2D eigenvalue weighted by molar-refractivity contribution is -0.126. The summed E-state index contributed by atoms with van der Waals surface area (Å²) in [5, 5.41) is 7.86. The highest BCUT2D eigenvalue weighted by Crippen LogP contribution is 2.29. The summed E-state index contributed by atoms with van der Waals surface area (Å²) in [6, 6.07) is 29.6. The van der Waals surface area contributed by atoms with Crippen LogP contribution in [0, 0.1) is 11.8 Å². The number of nitrogens with one attached hydrogen (secondary N) is 1. The molecule has 1 saturated heterocycles. The molecule has 1 aliphatic rings. The summed E-state index contributed by atoms with van der Waals surface area (Å²) in [6.07, 6.45) is 3.45. The second-order valence-corrected chi connectivity index (χ2v) is 9.66. The number of amides is 2. The molecule has 2 heterocycles. The number of benzene rings is 3. The van der Waals surface area contributed by atoms with Crippen molar-refractivity contribution in [2.45, 2.75) is 26.3 Å². The largest absolute Gasteiger partial charge is 0.352 e. The maximum Gasteiger partial charge on any atom is 0.257 e.